The van der Waals surface area contributed by atoms with Gasteiger partial charge >= 0.3 is 6.03 Å². The molecule has 5 heteroatoms. The lowest BCUT2D eigenvalue weighted by Gasteiger charge is -2.28. The number of rotatable bonds is 4. The van der Waals surface area contributed by atoms with Crippen molar-refractivity contribution in [3.05, 3.63) is 16.6 Å². The predicted octanol–water partition coefficient (Wildman–Crippen LogP) is 3.47. The molecule has 2 N–H and O–H groups in total. The van der Waals surface area contributed by atoms with E-state index in [9.17, 15) is 4.79 Å². The average Bonchev–Trinajstić information content (AvgIpc) is 3.10. The van der Waals surface area contributed by atoms with E-state index >= 15 is 0 Å². The van der Waals surface area contributed by atoms with Crippen molar-refractivity contribution in [1.82, 2.24) is 15.6 Å². The third-order valence-corrected chi connectivity index (χ3v) is 5.23. The first-order valence-electron chi connectivity index (χ1n) is 7.69. The molecule has 2 aliphatic carbocycles. The van der Waals surface area contributed by atoms with Gasteiger partial charge in [0.15, 0.2) is 0 Å². The maximum absolute atomic E-state index is 12.2. The van der Waals surface area contributed by atoms with Gasteiger partial charge < -0.3 is 10.6 Å². The van der Waals surface area contributed by atoms with Gasteiger partial charge in [-0.2, -0.15) is 0 Å². The van der Waals surface area contributed by atoms with Gasteiger partial charge in [-0.25, -0.2) is 9.78 Å². The Labute approximate surface area is 124 Å². The molecule has 0 aliphatic heterocycles. The molecule has 3 atom stereocenters. The van der Waals surface area contributed by atoms with Gasteiger partial charge in [-0.1, -0.05) is 19.8 Å². The number of carbonyl (C=O) groups excluding carboxylic acids is 1. The summed E-state index contributed by atoms with van der Waals surface area (Å²) in [5.41, 5.74) is 0. The molecule has 2 fully saturated rings. The van der Waals surface area contributed by atoms with Crippen LogP contribution in [0.15, 0.2) is 11.6 Å². The molecule has 2 aliphatic rings. The van der Waals surface area contributed by atoms with Gasteiger partial charge in [-0.05, 0) is 37.5 Å². The fraction of sp³-hybridized carbons (Fsp3) is 0.733. The summed E-state index contributed by atoms with van der Waals surface area (Å²) in [5, 5.41) is 9.31. The van der Waals surface area contributed by atoms with E-state index in [1.54, 1.807) is 11.3 Å². The first-order valence-corrected chi connectivity index (χ1v) is 8.56. The van der Waals surface area contributed by atoms with E-state index in [2.05, 4.69) is 22.5 Å². The molecule has 0 radical (unpaired) electrons. The van der Waals surface area contributed by atoms with E-state index in [4.69, 9.17) is 0 Å². The molecule has 3 rings (SSSR count). The van der Waals surface area contributed by atoms with E-state index in [0.717, 1.165) is 23.8 Å². The standard InChI is InChI=1S/C15H23N3OS/c1-10-3-2-4-12(9-10)17-15(19)18-13(11-5-6-11)14-16-7-8-20-14/h7-8,10-13H,2-6,9H2,1H3,(H2,17,18,19)/t10-,12+,13+/m1/s1. The van der Waals surface area contributed by atoms with Crippen LogP contribution >= 0.6 is 11.3 Å². The first-order chi connectivity index (χ1) is 9.72. The summed E-state index contributed by atoms with van der Waals surface area (Å²) < 4.78 is 0. The van der Waals surface area contributed by atoms with Crippen molar-refractivity contribution in [2.45, 2.75) is 57.5 Å². The Morgan fingerprint density at radius 3 is 2.90 bits per heavy atom. The normalized spacial score (nSPS) is 27.9. The number of hydrogen-bond donors (Lipinski definition) is 2. The highest BCUT2D eigenvalue weighted by atomic mass is 32.1. The van der Waals surface area contributed by atoms with Gasteiger partial charge in [0.1, 0.15) is 5.01 Å². The second-order valence-corrected chi connectivity index (χ2v) is 7.20. The SMILES string of the molecule is C[C@@H]1CCC[C@H](NC(=O)N[C@H](c2nccs2)C2CC2)C1. The van der Waals surface area contributed by atoms with Crippen LogP contribution in [0.2, 0.25) is 0 Å². The first kappa shape index (κ1) is 13.9. The van der Waals surface area contributed by atoms with Gasteiger partial charge in [0.2, 0.25) is 0 Å². The predicted molar refractivity (Wildman–Crippen MR) is 80.7 cm³/mol. The van der Waals surface area contributed by atoms with Gasteiger partial charge in [0.25, 0.3) is 0 Å². The molecule has 0 spiro atoms. The summed E-state index contributed by atoms with van der Waals surface area (Å²) in [7, 11) is 0. The monoisotopic (exact) mass is 293 g/mol. The van der Waals surface area contributed by atoms with Gasteiger partial charge in [0.05, 0.1) is 6.04 Å². The van der Waals surface area contributed by atoms with Crippen LogP contribution in [0.25, 0.3) is 0 Å². The molecule has 0 bridgehead atoms. The Balaban J connectivity index is 1.54. The van der Waals surface area contributed by atoms with E-state index in [1.165, 1.54) is 25.7 Å². The Bertz CT molecular complexity index is 444. The lowest BCUT2D eigenvalue weighted by atomic mass is 9.87. The van der Waals surface area contributed by atoms with Crippen molar-refractivity contribution in [2.75, 3.05) is 0 Å². The topological polar surface area (TPSA) is 54.0 Å². The molecular formula is C15H23N3OS. The summed E-state index contributed by atoms with van der Waals surface area (Å²) in [4.78, 5) is 16.6. The third kappa shape index (κ3) is 3.51. The van der Waals surface area contributed by atoms with Crippen LogP contribution in [0.3, 0.4) is 0 Å². The van der Waals surface area contributed by atoms with Crippen LogP contribution in [0.5, 0.6) is 0 Å². The number of nitrogens with zero attached hydrogens (tertiary/aromatic N) is 1. The van der Waals surface area contributed by atoms with E-state index in [-0.39, 0.29) is 12.1 Å². The molecule has 0 saturated heterocycles. The molecular weight excluding hydrogens is 270 g/mol. The van der Waals surface area contributed by atoms with Gasteiger partial charge in [-0.3, -0.25) is 0 Å². The molecule has 2 saturated carbocycles. The molecule has 1 aromatic heterocycles. The number of carbonyl (C=O) groups is 1. The van der Waals surface area contributed by atoms with E-state index < -0.39 is 0 Å². The molecule has 110 valence electrons. The molecule has 2 amide bonds. The highest BCUT2D eigenvalue weighted by Crippen LogP contribution is 2.41. The molecule has 0 aromatic carbocycles. The summed E-state index contributed by atoms with van der Waals surface area (Å²) in [6.07, 6.45) is 8.96. The maximum atomic E-state index is 12.2. The Morgan fingerprint density at radius 2 is 2.25 bits per heavy atom. The molecule has 4 nitrogen and oxygen atoms in total. The zero-order valence-electron chi connectivity index (χ0n) is 12.0. The van der Waals surface area contributed by atoms with Gasteiger partial charge in [-0.15, -0.1) is 11.3 Å². The fourth-order valence-corrected chi connectivity index (χ4v) is 3.91. The number of nitrogens with one attached hydrogen (secondary N) is 2. The number of aromatic nitrogens is 1. The van der Waals surface area contributed by atoms with Crippen LogP contribution in [-0.2, 0) is 0 Å². The van der Waals surface area contributed by atoms with Crippen LogP contribution in [0.1, 0.15) is 56.5 Å². The average molecular weight is 293 g/mol. The number of hydrogen-bond acceptors (Lipinski definition) is 3. The summed E-state index contributed by atoms with van der Waals surface area (Å²) in [5.74, 6) is 1.31. The smallest absolute Gasteiger partial charge is 0.315 e. The number of thiazole rings is 1. The molecule has 1 aromatic rings. The van der Waals surface area contributed by atoms with E-state index in [0.29, 0.717) is 12.0 Å². The van der Waals surface area contributed by atoms with Crippen molar-refractivity contribution in [3.8, 4) is 0 Å². The second kappa shape index (κ2) is 6.12. The van der Waals surface area contributed by atoms with Crippen molar-refractivity contribution >= 4 is 17.4 Å². The van der Waals surface area contributed by atoms with Crippen LogP contribution < -0.4 is 10.6 Å². The fourth-order valence-electron chi connectivity index (χ4n) is 3.13. The Hall–Kier alpha value is -1.10. The lowest BCUT2D eigenvalue weighted by molar-refractivity contribution is 0.222. The number of amides is 2. The van der Waals surface area contributed by atoms with Crippen molar-refractivity contribution in [1.29, 1.82) is 0 Å². The highest BCUT2D eigenvalue weighted by Gasteiger charge is 2.35. The number of urea groups is 1. The Morgan fingerprint density at radius 1 is 1.40 bits per heavy atom. The van der Waals surface area contributed by atoms with E-state index in [1.807, 2.05) is 11.6 Å². The minimum absolute atomic E-state index is 0.0174. The lowest BCUT2D eigenvalue weighted by Crippen LogP contribution is -2.45. The van der Waals surface area contributed by atoms with Crippen LogP contribution in [0, 0.1) is 11.8 Å². The molecule has 0 unspecified atom stereocenters. The van der Waals surface area contributed by atoms with Crippen molar-refractivity contribution in [3.63, 3.8) is 0 Å². The molecule has 20 heavy (non-hydrogen) atoms. The highest BCUT2D eigenvalue weighted by molar-refractivity contribution is 7.09. The van der Waals surface area contributed by atoms with Gasteiger partial charge in [0, 0.05) is 17.6 Å². The zero-order valence-corrected chi connectivity index (χ0v) is 12.8. The minimum Gasteiger partial charge on any atom is -0.335 e. The van der Waals surface area contributed by atoms with Crippen LogP contribution in [-0.4, -0.2) is 17.1 Å². The second-order valence-electron chi connectivity index (χ2n) is 6.27. The largest absolute Gasteiger partial charge is 0.335 e. The van der Waals surface area contributed by atoms with Crippen molar-refractivity contribution in [2.24, 2.45) is 11.8 Å². The minimum atomic E-state index is -0.0174. The summed E-state index contributed by atoms with van der Waals surface area (Å²) in [6.45, 7) is 2.27. The molecule has 1 heterocycles. The Kier molecular flexibility index (Phi) is 4.24. The maximum Gasteiger partial charge on any atom is 0.315 e. The zero-order chi connectivity index (χ0) is 13.9. The summed E-state index contributed by atoms with van der Waals surface area (Å²) >= 11 is 1.63. The van der Waals surface area contributed by atoms with Crippen molar-refractivity contribution < 1.29 is 4.79 Å². The van der Waals surface area contributed by atoms with Crippen LogP contribution in [0.4, 0.5) is 4.79 Å². The quantitative estimate of drug-likeness (QED) is 0.893. The third-order valence-electron chi connectivity index (χ3n) is 4.37. The summed E-state index contributed by atoms with van der Waals surface area (Å²) in [6, 6.07) is 0.433.